The molecule has 0 saturated heterocycles. The Hall–Kier alpha value is -6.44. The molecule has 10 rings (SSSR count). The van der Waals surface area contributed by atoms with E-state index in [-0.39, 0.29) is 0 Å². The first kappa shape index (κ1) is 27.7. The van der Waals surface area contributed by atoms with Crippen molar-refractivity contribution in [3.63, 3.8) is 0 Å². The van der Waals surface area contributed by atoms with Crippen LogP contribution < -0.4 is 0 Å². The van der Waals surface area contributed by atoms with Gasteiger partial charge in [0.15, 0.2) is 0 Å². The molecular formula is C48H30O. The second-order valence-electron chi connectivity index (χ2n) is 12.8. The molecule has 0 aliphatic rings. The zero-order chi connectivity index (χ0) is 32.3. The summed E-state index contributed by atoms with van der Waals surface area (Å²) in [7, 11) is 0. The fourth-order valence-electron chi connectivity index (χ4n) is 7.96. The van der Waals surface area contributed by atoms with E-state index in [1.54, 1.807) is 0 Å². The molecule has 49 heavy (non-hydrogen) atoms. The Morgan fingerprint density at radius 2 is 0.592 bits per heavy atom. The zero-order valence-electron chi connectivity index (χ0n) is 26.7. The van der Waals surface area contributed by atoms with Crippen LogP contribution in [-0.4, -0.2) is 0 Å². The van der Waals surface area contributed by atoms with Crippen LogP contribution in [0.4, 0.5) is 0 Å². The predicted octanol–water partition coefficient (Wildman–Crippen LogP) is 13.7. The summed E-state index contributed by atoms with van der Waals surface area (Å²) in [5.41, 5.74) is 9.22. The van der Waals surface area contributed by atoms with Gasteiger partial charge in [-0.25, -0.2) is 0 Å². The number of hydrogen-bond acceptors (Lipinski definition) is 1. The van der Waals surface area contributed by atoms with Crippen molar-refractivity contribution in [3.05, 3.63) is 182 Å². The zero-order valence-corrected chi connectivity index (χ0v) is 26.7. The molecule has 0 radical (unpaired) electrons. The van der Waals surface area contributed by atoms with Crippen LogP contribution in [0.3, 0.4) is 0 Å². The lowest BCUT2D eigenvalue weighted by atomic mass is 9.85. The van der Waals surface area contributed by atoms with Crippen LogP contribution in [0.15, 0.2) is 186 Å². The van der Waals surface area contributed by atoms with Crippen molar-refractivity contribution in [1.82, 2.24) is 0 Å². The lowest BCUT2D eigenvalue weighted by Crippen LogP contribution is -1.90. The average Bonchev–Trinajstić information content (AvgIpc) is 3.59. The Balaban J connectivity index is 1.23. The van der Waals surface area contributed by atoms with Gasteiger partial charge < -0.3 is 4.42 Å². The van der Waals surface area contributed by atoms with E-state index in [2.05, 4.69) is 182 Å². The minimum Gasteiger partial charge on any atom is -0.455 e. The third-order valence-corrected chi connectivity index (χ3v) is 10.1. The largest absolute Gasteiger partial charge is 0.455 e. The minimum atomic E-state index is 0.892. The second-order valence-corrected chi connectivity index (χ2v) is 12.8. The van der Waals surface area contributed by atoms with Gasteiger partial charge in [0.25, 0.3) is 0 Å². The van der Waals surface area contributed by atoms with Crippen LogP contribution >= 0.6 is 0 Å². The Kier molecular flexibility index (Phi) is 6.25. The highest BCUT2D eigenvalue weighted by Crippen LogP contribution is 2.48. The van der Waals surface area contributed by atoms with E-state index < -0.39 is 0 Å². The predicted molar refractivity (Wildman–Crippen MR) is 208 cm³/mol. The molecule has 9 aromatic carbocycles. The summed E-state index contributed by atoms with van der Waals surface area (Å²) in [6.45, 7) is 0. The highest BCUT2D eigenvalue weighted by molar-refractivity contribution is 6.28. The van der Waals surface area contributed by atoms with E-state index in [4.69, 9.17) is 4.42 Å². The van der Waals surface area contributed by atoms with Gasteiger partial charge in [-0.1, -0.05) is 182 Å². The van der Waals surface area contributed by atoms with Crippen molar-refractivity contribution in [3.8, 4) is 44.7 Å². The summed E-state index contributed by atoms with van der Waals surface area (Å²) in [6.07, 6.45) is 0. The summed E-state index contributed by atoms with van der Waals surface area (Å²) in [5.74, 6) is 0.892. The quantitative estimate of drug-likeness (QED) is 0.141. The smallest absolute Gasteiger partial charge is 0.143 e. The normalized spacial score (nSPS) is 11.7. The van der Waals surface area contributed by atoms with E-state index in [1.165, 1.54) is 60.0 Å². The standard InChI is InChI=1S/C48H30O/c1-3-15-31(16-4-1)43-38-22-10-12-24-40(38)44(41-25-13-11-23-39(41)43)33-27-29-34(30-28-33)47-45(32-17-5-2-6-18-32)46-37-21-9-7-19-35(37)36-20-8-14-26-42(36)48(46)49-47/h1-30H. The Labute approximate surface area is 284 Å². The maximum absolute atomic E-state index is 7.01. The van der Waals surface area contributed by atoms with E-state index in [1.807, 2.05) is 0 Å². The van der Waals surface area contributed by atoms with Crippen molar-refractivity contribution in [2.24, 2.45) is 0 Å². The summed E-state index contributed by atoms with van der Waals surface area (Å²) in [5, 5.41) is 11.0. The Morgan fingerprint density at radius 1 is 0.245 bits per heavy atom. The molecule has 0 bridgehead atoms. The van der Waals surface area contributed by atoms with E-state index in [0.717, 1.165) is 38.8 Å². The minimum absolute atomic E-state index is 0.892. The highest BCUT2D eigenvalue weighted by atomic mass is 16.3. The number of hydrogen-bond donors (Lipinski definition) is 0. The van der Waals surface area contributed by atoms with Gasteiger partial charge in [0.2, 0.25) is 0 Å². The van der Waals surface area contributed by atoms with Crippen molar-refractivity contribution in [1.29, 1.82) is 0 Å². The fourth-order valence-corrected chi connectivity index (χ4v) is 7.96. The molecule has 0 unspecified atom stereocenters. The van der Waals surface area contributed by atoms with Crippen molar-refractivity contribution < 1.29 is 4.42 Å². The van der Waals surface area contributed by atoms with Gasteiger partial charge in [-0.3, -0.25) is 0 Å². The molecule has 0 aliphatic carbocycles. The van der Waals surface area contributed by atoms with Crippen LogP contribution in [0, 0.1) is 0 Å². The van der Waals surface area contributed by atoms with Crippen molar-refractivity contribution >= 4 is 54.1 Å². The van der Waals surface area contributed by atoms with Crippen LogP contribution in [0.1, 0.15) is 0 Å². The second kappa shape index (κ2) is 11.1. The molecule has 1 nitrogen and oxygen atoms in total. The van der Waals surface area contributed by atoms with Gasteiger partial charge in [0.1, 0.15) is 11.3 Å². The molecule has 0 aliphatic heterocycles. The van der Waals surface area contributed by atoms with E-state index in [9.17, 15) is 0 Å². The molecule has 0 atom stereocenters. The number of rotatable bonds is 4. The number of furan rings is 1. The molecule has 10 aromatic rings. The first-order valence-corrected chi connectivity index (χ1v) is 16.9. The molecule has 228 valence electrons. The molecule has 0 saturated carbocycles. The molecule has 1 heterocycles. The maximum atomic E-state index is 7.01. The lowest BCUT2D eigenvalue weighted by Gasteiger charge is -2.17. The molecule has 1 heteroatoms. The number of fused-ring (bicyclic) bond motifs is 8. The van der Waals surface area contributed by atoms with Gasteiger partial charge in [-0.15, -0.1) is 0 Å². The topological polar surface area (TPSA) is 13.1 Å². The van der Waals surface area contributed by atoms with Crippen LogP contribution in [0.5, 0.6) is 0 Å². The summed E-state index contributed by atoms with van der Waals surface area (Å²) in [4.78, 5) is 0. The molecule has 1 aromatic heterocycles. The third-order valence-electron chi connectivity index (χ3n) is 10.1. The Morgan fingerprint density at radius 3 is 1.10 bits per heavy atom. The molecule has 0 N–H and O–H groups in total. The summed E-state index contributed by atoms with van der Waals surface area (Å²) < 4.78 is 7.01. The average molecular weight is 623 g/mol. The highest BCUT2D eigenvalue weighted by Gasteiger charge is 2.23. The van der Waals surface area contributed by atoms with E-state index in [0.29, 0.717) is 0 Å². The molecule has 0 spiro atoms. The SMILES string of the molecule is c1ccc(-c2c3ccccc3c(-c3ccc(-c4oc5c6ccccc6c6ccccc6c5c4-c4ccccc4)cc3)c3ccccc23)cc1. The first-order valence-electron chi connectivity index (χ1n) is 16.9. The van der Waals surface area contributed by atoms with Gasteiger partial charge in [-0.2, -0.15) is 0 Å². The van der Waals surface area contributed by atoms with Gasteiger partial charge in [0, 0.05) is 21.9 Å². The van der Waals surface area contributed by atoms with E-state index >= 15 is 0 Å². The van der Waals surface area contributed by atoms with Crippen LogP contribution in [-0.2, 0) is 0 Å². The molecular weight excluding hydrogens is 593 g/mol. The number of benzene rings is 9. The van der Waals surface area contributed by atoms with Crippen molar-refractivity contribution in [2.45, 2.75) is 0 Å². The summed E-state index contributed by atoms with van der Waals surface area (Å²) >= 11 is 0. The van der Waals surface area contributed by atoms with Gasteiger partial charge in [0.05, 0.1) is 0 Å². The lowest BCUT2D eigenvalue weighted by molar-refractivity contribution is 0.636. The van der Waals surface area contributed by atoms with Crippen LogP contribution in [0.2, 0.25) is 0 Å². The monoisotopic (exact) mass is 622 g/mol. The van der Waals surface area contributed by atoms with Gasteiger partial charge in [-0.05, 0) is 65.5 Å². The van der Waals surface area contributed by atoms with Gasteiger partial charge >= 0.3 is 0 Å². The first-order chi connectivity index (χ1) is 24.3. The Bertz CT molecular complexity index is 2790. The van der Waals surface area contributed by atoms with Crippen LogP contribution in [0.25, 0.3) is 98.8 Å². The fraction of sp³-hybridized carbons (Fsp3) is 0. The summed E-state index contributed by atoms with van der Waals surface area (Å²) in [6, 6.07) is 65.4. The molecule has 0 amide bonds. The third kappa shape index (κ3) is 4.26. The van der Waals surface area contributed by atoms with Crippen molar-refractivity contribution in [2.75, 3.05) is 0 Å². The molecule has 0 fully saturated rings. The maximum Gasteiger partial charge on any atom is 0.143 e.